The summed E-state index contributed by atoms with van der Waals surface area (Å²) in [6.45, 7) is 0. The minimum atomic E-state index is -0.466. The summed E-state index contributed by atoms with van der Waals surface area (Å²) in [5, 5.41) is 0. The molecule has 3 heteroatoms. The standard InChI is InChI=1S/C26H50O3/c1-27-25(21-17-13-9-5-3-6-10-14-18-22-25)29-26(28-2)23-19-15-11-7-4-8-12-16-20-24-26/h3-24H2,1-2H3. The fourth-order valence-corrected chi connectivity index (χ4v) is 5.34. The van der Waals surface area contributed by atoms with Gasteiger partial charge in [0.2, 0.25) is 0 Å². The molecule has 0 radical (unpaired) electrons. The molecule has 3 nitrogen and oxygen atoms in total. The summed E-state index contributed by atoms with van der Waals surface area (Å²) in [5.41, 5.74) is 0. The van der Waals surface area contributed by atoms with Gasteiger partial charge < -0.3 is 14.2 Å². The molecular weight excluding hydrogens is 360 g/mol. The number of ether oxygens (including phenoxy) is 3. The highest BCUT2D eigenvalue weighted by Crippen LogP contribution is 2.38. The van der Waals surface area contributed by atoms with E-state index in [0.717, 1.165) is 25.7 Å². The molecule has 0 unspecified atom stereocenters. The van der Waals surface area contributed by atoms with Gasteiger partial charge in [-0.05, 0) is 25.7 Å². The third-order valence-electron chi connectivity index (χ3n) is 7.35. The molecule has 29 heavy (non-hydrogen) atoms. The lowest BCUT2D eigenvalue weighted by molar-refractivity contribution is -0.358. The molecule has 2 rings (SSSR count). The second-order valence-corrected chi connectivity index (χ2v) is 9.70. The van der Waals surface area contributed by atoms with Crippen LogP contribution in [0.1, 0.15) is 141 Å². The van der Waals surface area contributed by atoms with E-state index in [1.54, 1.807) is 0 Å². The van der Waals surface area contributed by atoms with Crippen molar-refractivity contribution in [3.8, 4) is 0 Å². The zero-order valence-corrected chi connectivity index (χ0v) is 19.8. The van der Waals surface area contributed by atoms with Crippen LogP contribution in [0.15, 0.2) is 0 Å². The van der Waals surface area contributed by atoms with Crippen molar-refractivity contribution in [2.45, 2.75) is 153 Å². The highest BCUT2D eigenvalue weighted by atomic mass is 16.8. The maximum absolute atomic E-state index is 6.97. The van der Waals surface area contributed by atoms with Gasteiger partial charge in [0, 0.05) is 39.9 Å². The zero-order valence-electron chi connectivity index (χ0n) is 19.8. The van der Waals surface area contributed by atoms with E-state index < -0.39 is 11.6 Å². The van der Waals surface area contributed by atoms with E-state index in [2.05, 4.69) is 0 Å². The van der Waals surface area contributed by atoms with Crippen LogP contribution >= 0.6 is 0 Å². The largest absolute Gasteiger partial charge is 0.353 e. The van der Waals surface area contributed by atoms with Crippen molar-refractivity contribution in [1.29, 1.82) is 0 Å². The predicted molar refractivity (Wildman–Crippen MR) is 122 cm³/mol. The number of rotatable bonds is 4. The molecule has 0 bridgehead atoms. The normalized spacial score (nSPS) is 26.3. The lowest BCUT2D eigenvalue weighted by Gasteiger charge is -2.43. The summed E-state index contributed by atoms with van der Waals surface area (Å²) in [6, 6.07) is 0. The topological polar surface area (TPSA) is 27.7 Å². The van der Waals surface area contributed by atoms with Crippen LogP contribution in [-0.4, -0.2) is 25.8 Å². The maximum Gasteiger partial charge on any atom is 0.171 e. The van der Waals surface area contributed by atoms with Gasteiger partial charge in [0.1, 0.15) is 0 Å². The Balaban J connectivity index is 2.07. The third kappa shape index (κ3) is 9.70. The van der Waals surface area contributed by atoms with E-state index in [0.29, 0.717) is 0 Å². The molecule has 0 amide bonds. The van der Waals surface area contributed by atoms with Crippen LogP contribution in [0.2, 0.25) is 0 Å². The SMILES string of the molecule is COC1(OC2(OC)CCCCCCCCCCC2)CCCCCCCCCCC1. The molecule has 0 heterocycles. The second-order valence-electron chi connectivity index (χ2n) is 9.70. The molecule has 2 fully saturated rings. The molecule has 0 atom stereocenters. The highest BCUT2D eigenvalue weighted by Gasteiger charge is 2.41. The lowest BCUT2D eigenvalue weighted by atomic mass is 9.94. The van der Waals surface area contributed by atoms with Crippen LogP contribution in [0.25, 0.3) is 0 Å². The summed E-state index contributed by atoms with van der Waals surface area (Å²) in [4.78, 5) is 0. The molecule has 2 aliphatic carbocycles. The molecule has 172 valence electrons. The number of methoxy groups -OCH3 is 2. The van der Waals surface area contributed by atoms with Gasteiger partial charge in [-0.1, -0.05) is 89.9 Å². The van der Waals surface area contributed by atoms with Crippen LogP contribution < -0.4 is 0 Å². The molecule has 0 aromatic heterocycles. The van der Waals surface area contributed by atoms with Crippen molar-refractivity contribution in [2.24, 2.45) is 0 Å². The first kappa shape index (κ1) is 25.1. The van der Waals surface area contributed by atoms with Crippen LogP contribution in [-0.2, 0) is 14.2 Å². The Morgan fingerprint density at radius 3 is 0.759 bits per heavy atom. The van der Waals surface area contributed by atoms with Crippen molar-refractivity contribution in [3.63, 3.8) is 0 Å². The van der Waals surface area contributed by atoms with E-state index in [1.807, 2.05) is 14.2 Å². The molecule has 0 spiro atoms. The summed E-state index contributed by atoms with van der Waals surface area (Å²) in [6.07, 6.45) is 27.9. The minimum absolute atomic E-state index is 0.466. The van der Waals surface area contributed by atoms with E-state index in [4.69, 9.17) is 14.2 Å². The quantitative estimate of drug-likeness (QED) is 0.436. The third-order valence-corrected chi connectivity index (χ3v) is 7.35. The Morgan fingerprint density at radius 1 is 0.345 bits per heavy atom. The average Bonchev–Trinajstić information content (AvgIpc) is 2.72. The Labute approximate surface area is 181 Å². The maximum atomic E-state index is 6.97. The summed E-state index contributed by atoms with van der Waals surface area (Å²) in [5.74, 6) is -0.932. The van der Waals surface area contributed by atoms with Gasteiger partial charge in [0.25, 0.3) is 0 Å². The number of hydrogen-bond donors (Lipinski definition) is 0. The second kappa shape index (κ2) is 14.8. The van der Waals surface area contributed by atoms with Crippen molar-refractivity contribution in [3.05, 3.63) is 0 Å². The fraction of sp³-hybridized carbons (Fsp3) is 1.00. The van der Waals surface area contributed by atoms with Gasteiger partial charge in [-0.25, -0.2) is 0 Å². The van der Waals surface area contributed by atoms with Crippen LogP contribution in [0.4, 0.5) is 0 Å². The van der Waals surface area contributed by atoms with Crippen LogP contribution in [0, 0.1) is 0 Å². The molecule has 2 saturated carbocycles. The number of hydrogen-bond acceptors (Lipinski definition) is 3. The first-order valence-electron chi connectivity index (χ1n) is 13.0. The van der Waals surface area contributed by atoms with E-state index >= 15 is 0 Å². The van der Waals surface area contributed by atoms with Gasteiger partial charge in [-0.15, -0.1) is 0 Å². The lowest BCUT2D eigenvalue weighted by Crippen LogP contribution is -2.47. The van der Waals surface area contributed by atoms with Gasteiger partial charge in [0.05, 0.1) is 0 Å². The first-order chi connectivity index (χ1) is 14.2. The van der Waals surface area contributed by atoms with Crippen molar-refractivity contribution in [2.75, 3.05) is 14.2 Å². The summed E-state index contributed by atoms with van der Waals surface area (Å²) in [7, 11) is 3.73. The van der Waals surface area contributed by atoms with E-state index in [1.165, 1.54) is 116 Å². The van der Waals surface area contributed by atoms with Gasteiger partial charge in [0.15, 0.2) is 11.6 Å². The molecule has 0 aromatic carbocycles. The molecule has 2 aliphatic rings. The molecule has 0 aromatic rings. The average molecular weight is 411 g/mol. The molecule has 0 saturated heterocycles. The smallest absolute Gasteiger partial charge is 0.171 e. The van der Waals surface area contributed by atoms with Crippen molar-refractivity contribution < 1.29 is 14.2 Å². The zero-order chi connectivity index (χ0) is 20.7. The Bertz CT molecular complexity index is 335. The monoisotopic (exact) mass is 410 g/mol. The molecular formula is C26H50O3. The predicted octanol–water partition coefficient (Wildman–Crippen LogP) is 8.30. The van der Waals surface area contributed by atoms with Gasteiger partial charge in [-0.3, -0.25) is 0 Å². The highest BCUT2D eigenvalue weighted by molar-refractivity contribution is 4.79. The van der Waals surface area contributed by atoms with Gasteiger partial charge >= 0.3 is 0 Å². The van der Waals surface area contributed by atoms with E-state index in [9.17, 15) is 0 Å². The Hall–Kier alpha value is -0.120. The van der Waals surface area contributed by atoms with E-state index in [-0.39, 0.29) is 0 Å². The Kier molecular flexibility index (Phi) is 12.8. The first-order valence-corrected chi connectivity index (χ1v) is 13.0. The minimum Gasteiger partial charge on any atom is -0.353 e. The summed E-state index contributed by atoms with van der Waals surface area (Å²) >= 11 is 0. The Morgan fingerprint density at radius 2 is 0.552 bits per heavy atom. The van der Waals surface area contributed by atoms with Crippen LogP contribution in [0.3, 0.4) is 0 Å². The van der Waals surface area contributed by atoms with Crippen molar-refractivity contribution in [1.82, 2.24) is 0 Å². The molecule has 0 N–H and O–H groups in total. The molecule has 0 aliphatic heterocycles. The van der Waals surface area contributed by atoms with Crippen LogP contribution in [0.5, 0.6) is 0 Å². The van der Waals surface area contributed by atoms with Crippen molar-refractivity contribution >= 4 is 0 Å². The fourth-order valence-electron chi connectivity index (χ4n) is 5.34. The van der Waals surface area contributed by atoms with Gasteiger partial charge in [-0.2, -0.15) is 0 Å². The summed E-state index contributed by atoms with van der Waals surface area (Å²) < 4.78 is 19.3.